The molecule has 0 saturated heterocycles. The number of nitrogens with one attached hydrogen (secondary N) is 1. The summed E-state index contributed by atoms with van der Waals surface area (Å²) in [5.74, 6) is 0.290. The Morgan fingerprint density at radius 3 is 2.07 bits per heavy atom. The summed E-state index contributed by atoms with van der Waals surface area (Å²) >= 11 is 0. The third-order valence-corrected chi connectivity index (χ3v) is 8.36. The summed E-state index contributed by atoms with van der Waals surface area (Å²) in [6.07, 6.45) is 2.40. The van der Waals surface area contributed by atoms with Crippen LogP contribution in [0, 0.1) is 17.8 Å². The number of ketones is 2. The van der Waals surface area contributed by atoms with E-state index >= 15 is 0 Å². The number of methoxy groups -OCH3 is 1. The van der Waals surface area contributed by atoms with Crippen molar-refractivity contribution in [1.82, 2.24) is 4.90 Å². The fourth-order valence-electron chi connectivity index (χ4n) is 6.54. The Morgan fingerprint density at radius 1 is 0.902 bits per heavy atom. The maximum absolute atomic E-state index is 13.7. The number of nitrogens with zero attached hydrogens (tertiary/aromatic N) is 1. The molecule has 0 unspecified atom stereocenters. The Labute approximate surface area is 242 Å². The minimum atomic E-state index is -0.462. The van der Waals surface area contributed by atoms with E-state index in [4.69, 9.17) is 9.47 Å². The summed E-state index contributed by atoms with van der Waals surface area (Å²) in [5, 5.41) is 2.85. The summed E-state index contributed by atoms with van der Waals surface area (Å²) in [6, 6.07) is 13.1. The Kier molecular flexibility index (Phi) is 7.35. The molecule has 0 radical (unpaired) electrons. The number of carbonyl (C=O) groups excluding carboxylic acids is 3. The van der Waals surface area contributed by atoms with Gasteiger partial charge in [0.2, 0.25) is 0 Å². The maximum atomic E-state index is 13.7. The number of allylic oxidation sites excluding steroid dienone is 4. The van der Waals surface area contributed by atoms with Crippen LogP contribution in [-0.2, 0) is 14.4 Å². The van der Waals surface area contributed by atoms with Crippen LogP contribution in [0.15, 0.2) is 65.0 Å². The molecule has 0 aromatic heterocycles. The Morgan fingerprint density at radius 2 is 1.51 bits per heavy atom. The Balaban J connectivity index is 1.49. The van der Waals surface area contributed by atoms with Crippen LogP contribution in [0.1, 0.15) is 70.4 Å². The first-order valence-corrected chi connectivity index (χ1v) is 14.2. The lowest BCUT2D eigenvalue weighted by atomic mass is 9.64. The standard InChI is InChI=1S/C34H40N2O5/c1-20-9-8-10-22(13-20)35-29(39)19-41-27-12-11-21(14-28(27)40-7)30-31-23(15-33(2,3)17-25(31)37)36(6)24-16-34(4,5)18-26(38)32(24)30/h8-14,30H,15-19H2,1-7H3,(H,35,39). The minimum absolute atomic E-state index is 0.0874. The molecular formula is C34H40N2O5. The number of Topliss-reactive ketones (excluding diaryl/α,β-unsaturated/α-hetero) is 2. The van der Waals surface area contributed by atoms with Crippen molar-refractivity contribution in [2.45, 2.75) is 66.2 Å². The smallest absolute Gasteiger partial charge is 0.262 e. The molecule has 0 atom stereocenters. The number of ether oxygens (including phenoxy) is 2. The fourth-order valence-corrected chi connectivity index (χ4v) is 6.54. The molecule has 1 N–H and O–H groups in total. The molecule has 1 heterocycles. The zero-order valence-corrected chi connectivity index (χ0v) is 25.1. The van der Waals surface area contributed by atoms with Crippen LogP contribution in [0.2, 0.25) is 0 Å². The van der Waals surface area contributed by atoms with Crippen LogP contribution in [-0.4, -0.2) is 43.1 Å². The highest BCUT2D eigenvalue weighted by Gasteiger charge is 2.48. The summed E-state index contributed by atoms with van der Waals surface area (Å²) in [6.45, 7) is 10.3. The number of hydrogen-bond donors (Lipinski definition) is 1. The quantitative estimate of drug-likeness (QED) is 0.447. The van der Waals surface area contributed by atoms with Crippen LogP contribution >= 0.6 is 0 Å². The van der Waals surface area contributed by atoms with Gasteiger partial charge in [-0.1, -0.05) is 45.9 Å². The molecular weight excluding hydrogens is 516 g/mol. The zero-order valence-electron chi connectivity index (χ0n) is 25.1. The number of aryl methyl sites for hydroxylation is 1. The summed E-state index contributed by atoms with van der Waals surface area (Å²) in [7, 11) is 3.55. The molecule has 0 bridgehead atoms. The summed E-state index contributed by atoms with van der Waals surface area (Å²) in [5.41, 5.74) is 5.69. The van der Waals surface area contributed by atoms with Gasteiger partial charge in [0.25, 0.3) is 5.91 Å². The molecule has 2 aromatic rings. The number of anilines is 1. The molecule has 7 nitrogen and oxygen atoms in total. The van der Waals surface area contributed by atoms with Crippen molar-refractivity contribution >= 4 is 23.2 Å². The third-order valence-electron chi connectivity index (χ3n) is 8.36. The van der Waals surface area contributed by atoms with E-state index < -0.39 is 5.92 Å². The molecule has 7 heteroatoms. The normalized spacial score (nSPS) is 20.0. The molecule has 1 aliphatic heterocycles. The van der Waals surface area contributed by atoms with Crippen LogP contribution in [0.25, 0.3) is 0 Å². The molecule has 1 amide bonds. The number of rotatable bonds is 6. The van der Waals surface area contributed by atoms with E-state index in [0.29, 0.717) is 41.2 Å². The molecule has 5 rings (SSSR count). The van der Waals surface area contributed by atoms with E-state index in [0.717, 1.165) is 35.4 Å². The van der Waals surface area contributed by atoms with Gasteiger partial charge in [-0.3, -0.25) is 14.4 Å². The first-order valence-electron chi connectivity index (χ1n) is 14.2. The van der Waals surface area contributed by atoms with Gasteiger partial charge in [0, 0.05) is 54.0 Å². The van der Waals surface area contributed by atoms with Crippen molar-refractivity contribution in [1.29, 1.82) is 0 Å². The van der Waals surface area contributed by atoms with E-state index in [-0.39, 0.29) is 34.9 Å². The summed E-state index contributed by atoms with van der Waals surface area (Å²) in [4.78, 5) is 42.2. The van der Waals surface area contributed by atoms with E-state index in [9.17, 15) is 14.4 Å². The topological polar surface area (TPSA) is 84.9 Å². The second-order valence-corrected chi connectivity index (χ2v) is 13.2. The molecule has 0 saturated carbocycles. The van der Waals surface area contributed by atoms with Crippen molar-refractivity contribution in [2.75, 3.05) is 26.1 Å². The van der Waals surface area contributed by atoms with Gasteiger partial charge in [0.1, 0.15) is 0 Å². The van der Waals surface area contributed by atoms with Gasteiger partial charge in [-0.25, -0.2) is 0 Å². The van der Waals surface area contributed by atoms with E-state index in [2.05, 4.69) is 37.9 Å². The van der Waals surface area contributed by atoms with Gasteiger partial charge in [-0.2, -0.15) is 0 Å². The van der Waals surface area contributed by atoms with Gasteiger partial charge >= 0.3 is 0 Å². The van der Waals surface area contributed by atoms with Gasteiger partial charge in [0.05, 0.1) is 7.11 Å². The molecule has 2 aromatic carbocycles. The molecule has 2 aliphatic carbocycles. The van der Waals surface area contributed by atoms with Crippen LogP contribution in [0.4, 0.5) is 5.69 Å². The van der Waals surface area contributed by atoms with E-state index in [1.807, 2.05) is 50.4 Å². The number of benzene rings is 2. The molecule has 216 valence electrons. The number of hydrogen-bond acceptors (Lipinski definition) is 6. The number of carbonyl (C=O) groups is 3. The second kappa shape index (κ2) is 10.5. The molecule has 3 aliphatic rings. The monoisotopic (exact) mass is 556 g/mol. The highest BCUT2D eigenvalue weighted by molar-refractivity contribution is 6.06. The predicted octanol–water partition coefficient (Wildman–Crippen LogP) is 6.34. The van der Waals surface area contributed by atoms with Gasteiger partial charge in [-0.15, -0.1) is 0 Å². The first-order chi connectivity index (χ1) is 19.3. The summed E-state index contributed by atoms with van der Waals surface area (Å²) < 4.78 is 11.5. The predicted molar refractivity (Wildman–Crippen MR) is 159 cm³/mol. The lowest BCUT2D eigenvalue weighted by Crippen LogP contribution is -2.43. The van der Waals surface area contributed by atoms with Crippen molar-refractivity contribution < 1.29 is 23.9 Å². The SMILES string of the molecule is COc1cc(C2C3=C(CC(C)(C)CC3=O)N(C)C3=C2C(=O)CC(C)(C)C3)ccc1OCC(=O)Nc1cccc(C)c1. The van der Waals surface area contributed by atoms with E-state index in [1.54, 1.807) is 13.2 Å². The maximum Gasteiger partial charge on any atom is 0.262 e. The van der Waals surface area contributed by atoms with Crippen LogP contribution in [0.5, 0.6) is 11.5 Å². The lowest BCUT2D eigenvalue weighted by molar-refractivity contribution is -0.120. The lowest BCUT2D eigenvalue weighted by Gasteiger charge is -2.47. The van der Waals surface area contributed by atoms with Crippen molar-refractivity contribution in [2.24, 2.45) is 10.8 Å². The van der Waals surface area contributed by atoms with E-state index in [1.165, 1.54) is 0 Å². The molecule has 0 spiro atoms. The van der Waals surface area contributed by atoms with Crippen molar-refractivity contribution in [3.05, 3.63) is 76.1 Å². The third kappa shape index (κ3) is 5.67. The fraction of sp³-hybridized carbons (Fsp3) is 0.441. The zero-order chi connectivity index (χ0) is 29.7. The average Bonchev–Trinajstić information content (AvgIpc) is 2.87. The van der Waals surface area contributed by atoms with Crippen LogP contribution in [0.3, 0.4) is 0 Å². The van der Waals surface area contributed by atoms with Gasteiger partial charge in [0.15, 0.2) is 29.7 Å². The van der Waals surface area contributed by atoms with Crippen molar-refractivity contribution in [3.63, 3.8) is 0 Å². The molecule has 0 fully saturated rings. The first kappa shape index (κ1) is 28.7. The van der Waals surface area contributed by atoms with Gasteiger partial charge in [-0.05, 0) is 66.0 Å². The Hall–Kier alpha value is -3.87. The highest BCUT2D eigenvalue weighted by Crippen LogP contribution is 2.54. The van der Waals surface area contributed by atoms with Gasteiger partial charge < -0.3 is 19.7 Å². The van der Waals surface area contributed by atoms with Crippen LogP contribution < -0.4 is 14.8 Å². The highest BCUT2D eigenvalue weighted by atomic mass is 16.5. The largest absolute Gasteiger partial charge is 0.493 e. The molecule has 41 heavy (non-hydrogen) atoms. The van der Waals surface area contributed by atoms with Crippen molar-refractivity contribution in [3.8, 4) is 11.5 Å². The average molecular weight is 557 g/mol. The minimum Gasteiger partial charge on any atom is -0.493 e. The second-order valence-electron chi connectivity index (χ2n) is 13.2. The Bertz CT molecular complexity index is 1440. The number of amides is 1.